The highest BCUT2D eigenvalue weighted by atomic mass is 35.5. The van der Waals surface area contributed by atoms with Gasteiger partial charge in [0.15, 0.2) is 0 Å². The van der Waals surface area contributed by atoms with E-state index in [1.165, 1.54) is 0 Å². The maximum atomic E-state index is 11.8. The maximum absolute atomic E-state index is 11.8. The summed E-state index contributed by atoms with van der Waals surface area (Å²) in [6.07, 6.45) is 0. The van der Waals surface area contributed by atoms with Crippen LogP contribution in [0.3, 0.4) is 0 Å². The molecule has 1 aromatic carbocycles. The van der Waals surface area contributed by atoms with Gasteiger partial charge in [0.05, 0.1) is 6.61 Å². The van der Waals surface area contributed by atoms with E-state index in [9.17, 15) is 9.36 Å². The van der Waals surface area contributed by atoms with E-state index >= 15 is 0 Å². The number of hydrogen-bond donors (Lipinski definition) is 3. The Kier molecular flexibility index (Phi) is 10.2. The molecule has 0 aliphatic heterocycles. The molecule has 0 bridgehead atoms. The zero-order chi connectivity index (χ0) is 15.4. The average Bonchev–Trinajstić information content (AvgIpc) is 2.50. The summed E-state index contributed by atoms with van der Waals surface area (Å²) in [6.45, 7) is 0.0963. The molecule has 0 heterocycles. The zero-order valence-corrected chi connectivity index (χ0v) is 13.2. The molecule has 112 valence electrons. The fourth-order valence-corrected chi connectivity index (χ4v) is 2.07. The number of carbonyl (C=O) groups is 1. The number of hydrogen-bond acceptors (Lipinski definition) is 5. The number of amides is 1. The number of carbonyl (C=O) groups excluding carboxylic acids is 1. The van der Waals surface area contributed by atoms with Gasteiger partial charge in [-0.05, 0) is 14.1 Å². The van der Waals surface area contributed by atoms with Gasteiger partial charge in [0.25, 0.3) is 0 Å². The van der Waals surface area contributed by atoms with E-state index in [1.54, 1.807) is 30.3 Å². The summed E-state index contributed by atoms with van der Waals surface area (Å²) in [7, 11) is 2.72. The summed E-state index contributed by atoms with van der Waals surface area (Å²) >= 11 is 5.51. The van der Waals surface area contributed by atoms with E-state index in [0.717, 1.165) is 0 Å². The lowest BCUT2D eigenvalue weighted by atomic mass is 10.1. The molecule has 0 aromatic heterocycles. The van der Waals surface area contributed by atoms with Crippen LogP contribution in [0.15, 0.2) is 30.3 Å². The molecule has 8 heteroatoms. The minimum absolute atomic E-state index is 0.0963. The van der Waals surface area contributed by atoms with Gasteiger partial charge in [-0.1, -0.05) is 34.9 Å². The lowest BCUT2D eigenvalue weighted by Crippen LogP contribution is -2.46. The molecule has 0 aliphatic rings. The van der Waals surface area contributed by atoms with Crippen molar-refractivity contribution in [3.63, 3.8) is 0 Å². The van der Waals surface area contributed by atoms with Gasteiger partial charge in [-0.3, -0.25) is 10.2 Å². The van der Waals surface area contributed by atoms with Gasteiger partial charge < -0.3 is 10.1 Å². The van der Waals surface area contributed by atoms with Crippen LogP contribution in [0, 0.1) is 0 Å². The highest BCUT2D eigenvalue weighted by Gasteiger charge is 2.50. The summed E-state index contributed by atoms with van der Waals surface area (Å²) in [6, 6.07) is 8.52. The van der Waals surface area contributed by atoms with Crippen LogP contribution in [-0.2, 0) is 19.4 Å². The summed E-state index contributed by atoms with van der Waals surface area (Å²) < 4.78 is 16.7. The minimum atomic E-state index is -1.59. The van der Waals surface area contributed by atoms with Gasteiger partial charge in [0.1, 0.15) is 0 Å². The van der Waals surface area contributed by atoms with Crippen molar-refractivity contribution in [2.45, 2.75) is 5.34 Å². The third-order valence-corrected chi connectivity index (χ3v) is 3.27. The third-order valence-electron chi connectivity index (χ3n) is 2.17. The van der Waals surface area contributed by atoms with E-state index in [0.29, 0.717) is 5.56 Å². The smallest absolute Gasteiger partial charge is 0.323 e. The summed E-state index contributed by atoms with van der Waals surface area (Å²) in [5.74, 6) is 4.62. The predicted octanol–water partition coefficient (Wildman–Crippen LogP) is 0.944. The molecule has 0 radical (unpaired) electrons. The largest absolute Gasteiger partial charge is 0.375 e. The summed E-state index contributed by atoms with van der Waals surface area (Å²) in [5.41, 5.74) is 2.44. The molecule has 4 N–H and O–H groups in total. The molecule has 1 rings (SSSR count). The third kappa shape index (κ3) is 5.15. The standard InChI is InChI=1S/C10H12ClN2O3P.C2H7N/c11-6-7-16-10(17-15,9(14)13-12)8-4-2-1-3-5-8;1-3-2/h1-5H,6-7,12H2,(H,13,14);3H,1-2H3/p+1. The van der Waals surface area contributed by atoms with Crippen LogP contribution < -0.4 is 16.6 Å². The van der Waals surface area contributed by atoms with Gasteiger partial charge in [-0.15, -0.1) is 11.6 Å². The molecular weight excluding hydrogens is 301 g/mol. The topological polar surface area (TPSA) is 93.5 Å². The minimum Gasteiger partial charge on any atom is -0.323 e. The first-order valence-corrected chi connectivity index (χ1v) is 7.31. The summed E-state index contributed by atoms with van der Waals surface area (Å²) in [5, 5.41) is 1.16. The normalized spacial score (nSPS) is 13.0. The van der Waals surface area contributed by atoms with Gasteiger partial charge in [-0.25, -0.2) is 5.84 Å². The van der Waals surface area contributed by atoms with Gasteiger partial charge in [0.2, 0.25) is 0 Å². The number of benzene rings is 1. The SMILES string of the molecule is CNC.NNC(=O)C(OCCCl)([PH+]=O)c1ccccc1. The second kappa shape index (κ2) is 10.7. The number of nitrogens with two attached hydrogens (primary N) is 1. The van der Waals surface area contributed by atoms with Gasteiger partial charge in [-0.2, -0.15) is 0 Å². The Morgan fingerprint density at radius 1 is 1.40 bits per heavy atom. The number of alkyl halides is 1. The number of hydrazine groups is 1. The van der Waals surface area contributed by atoms with Crippen molar-refractivity contribution in [1.29, 1.82) is 0 Å². The van der Waals surface area contributed by atoms with Crippen molar-refractivity contribution in [1.82, 2.24) is 10.7 Å². The van der Waals surface area contributed by atoms with Gasteiger partial charge in [0, 0.05) is 11.4 Å². The first-order valence-electron chi connectivity index (χ1n) is 5.87. The van der Waals surface area contributed by atoms with Crippen LogP contribution in [0.5, 0.6) is 0 Å². The Hall–Kier alpha value is -1.04. The quantitative estimate of drug-likeness (QED) is 0.238. The van der Waals surface area contributed by atoms with Crippen LogP contribution in [0.4, 0.5) is 0 Å². The van der Waals surface area contributed by atoms with Crippen LogP contribution >= 0.6 is 20.1 Å². The molecule has 0 spiro atoms. The van der Waals surface area contributed by atoms with Crippen LogP contribution in [0.25, 0.3) is 0 Å². The van der Waals surface area contributed by atoms with E-state index in [1.807, 2.05) is 19.5 Å². The van der Waals surface area contributed by atoms with E-state index in [2.05, 4.69) is 5.32 Å². The number of ether oxygens (including phenoxy) is 1. The van der Waals surface area contributed by atoms with Crippen molar-refractivity contribution >= 4 is 26.0 Å². The average molecular weight is 321 g/mol. The van der Waals surface area contributed by atoms with E-state index in [-0.39, 0.29) is 12.5 Å². The lowest BCUT2D eigenvalue weighted by Gasteiger charge is -2.19. The maximum Gasteiger partial charge on any atom is 0.375 e. The van der Waals surface area contributed by atoms with Crippen molar-refractivity contribution < 1.29 is 14.1 Å². The molecule has 2 unspecified atom stereocenters. The van der Waals surface area contributed by atoms with E-state index < -0.39 is 19.7 Å². The molecule has 0 saturated heterocycles. The molecule has 0 saturated carbocycles. The lowest BCUT2D eigenvalue weighted by molar-refractivity contribution is -0.137. The number of rotatable bonds is 6. The molecule has 0 aliphatic carbocycles. The van der Waals surface area contributed by atoms with Crippen molar-refractivity contribution in [2.75, 3.05) is 26.6 Å². The number of halogens is 1. The van der Waals surface area contributed by atoms with Crippen LogP contribution in [0.1, 0.15) is 5.56 Å². The van der Waals surface area contributed by atoms with Crippen LogP contribution in [-0.4, -0.2) is 32.5 Å². The van der Waals surface area contributed by atoms with E-state index in [4.69, 9.17) is 22.2 Å². The summed E-state index contributed by atoms with van der Waals surface area (Å²) in [4.78, 5) is 11.8. The first kappa shape index (κ1) is 19.0. The van der Waals surface area contributed by atoms with Gasteiger partial charge >= 0.3 is 19.7 Å². The fraction of sp³-hybridized carbons (Fsp3) is 0.417. The Morgan fingerprint density at radius 3 is 2.35 bits per heavy atom. The Bertz CT molecular complexity index is 408. The Morgan fingerprint density at radius 2 is 1.95 bits per heavy atom. The predicted molar refractivity (Wildman–Crippen MR) is 81.1 cm³/mol. The second-order valence-electron chi connectivity index (χ2n) is 3.66. The molecule has 20 heavy (non-hydrogen) atoms. The molecule has 1 aromatic rings. The van der Waals surface area contributed by atoms with Crippen LogP contribution in [0.2, 0.25) is 0 Å². The molecule has 2 atom stereocenters. The first-order chi connectivity index (χ1) is 9.62. The highest BCUT2D eigenvalue weighted by molar-refractivity contribution is 7.27. The highest BCUT2D eigenvalue weighted by Crippen LogP contribution is 2.36. The molecule has 6 nitrogen and oxygen atoms in total. The molecule has 0 fully saturated rings. The Balaban J connectivity index is 0.00000110. The van der Waals surface area contributed by atoms with Crippen molar-refractivity contribution in [3.8, 4) is 0 Å². The van der Waals surface area contributed by atoms with Crippen molar-refractivity contribution in [3.05, 3.63) is 35.9 Å². The fourth-order valence-electron chi connectivity index (χ4n) is 1.38. The van der Waals surface area contributed by atoms with Crippen molar-refractivity contribution in [2.24, 2.45) is 5.84 Å². The molecular formula is C12H20ClN3O3P+. The second-order valence-corrected chi connectivity index (χ2v) is 4.95. The Labute approximate surface area is 125 Å². The number of nitrogens with one attached hydrogen (secondary N) is 2. The molecule has 1 amide bonds. The zero-order valence-electron chi connectivity index (χ0n) is 11.5. The monoisotopic (exact) mass is 320 g/mol.